The molecule has 154 valence electrons. The van der Waals surface area contributed by atoms with Crippen LogP contribution < -0.4 is 10.2 Å². The lowest BCUT2D eigenvalue weighted by atomic mass is 9.61. The quantitative estimate of drug-likeness (QED) is 0.712. The van der Waals surface area contributed by atoms with Crippen LogP contribution in [0, 0.1) is 17.8 Å². The fraction of sp³-hybridized carbons (Fsp3) is 0.476. The summed E-state index contributed by atoms with van der Waals surface area (Å²) < 4.78 is 10.6. The van der Waals surface area contributed by atoms with Gasteiger partial charge < -0.3 is 24.6 Å². The molecule has 0 unspecified atom stereocenters. The van der Waals surface area contributed by atoms with E-state index in [0.717, 1.165) is 24.9 Å². The van der Waals surface area contributed by atoms with Crippen LogP contribution >= 0.6 is 0 Å². The van der Waals surface area contributed by atoms with Crippen molar-refractivity contribution in [2.75, 3.05) is 38.3 Å². The maximum absolute atomic E-state index is 12.5. The number of carbonyl (C=O) groups is 2. The third-order valence-electron chi connectivity index (χ3n) is 6.03. The van der Waals surface area contributed by atoms with Gasteiger partial charge in [0.2, 0.25) is 5.91 Å². The molecule has 1 aliphatic heterocycles. The number of aromatic nitrogens is 1. The lowest BCUT2D eigenvalue weighted by Gasteiger charge is -2.50. The minimum Gasteiger partial charge on any atom is -0.465 e. The molecule has 4 rings (SSSR count). The molecule has 2 fully saturated rings. The Bertz CT molecular complexity index is 882. The van der Waals surface area contributed by atoms with Crippen molar-refractivity contribution in [2.45, 2.75) is 12.8 Å². The first-order valence-corrected chi connectivity index (χ1v) is 9.91. The second-order valence-corrected chi connectivity index (χ2v) is 7.58. The minimum atomic E-state index is -0.493. The monoisotopic (exact) mass is 399 g/mol. The SMILES string of the molecule is COC(=O)c1c(N2CC[C@@H]3C[C@@H](C(=O)NCCO)[C@@H]3C2)noc1-c1ccccc1. The number of methoxy groups -OCH3 is 1. The number of ether oxygens (including phenoxy) is 1. The number of hydrogen-bond donors (Lipinski definition) is 2. The van der Waals surface area contributed by atoms with Gasteiger partial charge in [0, 0.05) is 31.1 Å². The Morgan fingerprint density at radius 3 is 2.86 bits per heavy atom. The molecule has 29 heavy (non-hydrogen) atoms. The van der Waals surface area contributed by atoms with Gasteiger partial charge in [0.25, 0.3) is 0 Å². The predicted molar refractivity (Wildman–Crippen MR) is 105 cm³/mol. The molecular weight excluding hydrogens is 374 g/mol. The lowest BCUT2D eigenvalue weighted by Crippen LogP contribution is -2.55. The van der Waals surface area contributed by atoms with Gasteiger partial charge in [-0.05, 0) is 24.7 Å². The molecule has 8 heteroatoms. The average molecular weight is 399 g/mol. The van der Waals surface area contributed by atoms with E-state index in [9.17, 15) is 9.59 Å². The Morgan fingerprint density at radius 2 is 2.14 bits per heavy atom. The summed E-state index contributed by atoms with van der Waals surface area (Å²) in [5.74, 6) is 0.976. The molecule has 2 heterocycles. The van der Waals surface area contributed by atoms with Gasteiger partial charge in [-0.15, -0.1) is 0 Å². The Kier molecular flexibility index (Phi) is 5.53. The molecule has 1 aromatic heterocycles. The summed E-state index contributed by atoms with van der Waals surface area (Å²) in [4.78, 5) is 26.9. The maximum Gasteiger partial charge on any atom is 0.345 e. The van der Waals surface area contributed by atoms with Crippen LogP contribution in [0.15, 0.2) is 34.9 Å². The largest absolute Gasteiger partial charge is 0.465 e. The normalized spacial score (nSPS) is 23.1. The molecule has 1 amide bonds. The molecule has 1 aromatic carbocycles. The van der Waals surface area contributed by atoms with Gasteiger partial charge in [-0.25, -0.2) is 4.79 Å². The van der Waals surface area contributed by atoms with Gasteiger partial charge in [-0.3, -0.25) is 4.79 Å². The maximum atomic E-state index is 12.5. The van der Waals surface area contributed by atoms with E-state index in [-0.39, 0.29) is 30.9 Å². The van der Waals surface area contributed by atoms with Crippen LogP contribution in [0.1, 0.15) is 23.2 Å². The van der Waals surface area contributed by atoms with E-state index >= 15 is 0 Å². The second kappa shape index (κ2) is 8.24. The number of aliphatic hydroxyl groups excluding tert-OH is 1. The number of aliphatic hydroxyl groups is 1. The number of benzene rings is 1. The number of nitrogens with zero attached hydrogens (tertiary/aromatic N) is 2. The highest BCUT2D eigenvalue weighted by molar-refractivity contribution is 6.00. The third kappa shape index (κ3) is 3.60. The number of nitrogens with one attached hydrogen (secondary N) is 1. The van der Waals surface area contributed by atoms with Gasteiger partial charge in [-0.2, -0.15) is 0 Å². The highest BCUT2D eigenvalue weighted by Gasteiger charge is 2.48. The standard InChI is InChI=1S/C21H25N3O5/c1-28-21(27)17-18(13-5-3-2-4-6-13)29-23-19(17)24-9-7-14-11-15(16(14)12-24)20(26)22-8-10-25/h2-6,14-16,25H,7-12H2,1H3,(H,22,26)/t14-,15-,16-/m1/s1. The molecule has 2 N–H and O–H groups in total. The fourth-order valence-corrected chi connectivity index (χ4v) is 4.46. The van der Waals surface area contributed by atoms with E-state index in [1.807, 2.05) is 35.2 Å². The van der Waals surface area contributed by atoms with Gasteiger partial charge in [0.15, 0.2) is 17.1 Å². The average Bonchev–Trinajstić information content (AvgIpc) is 3.18. The molecule has 0 radical (unpaired) electrons. The van der Waals surface area contributed by atoms with E-state index < -0.39 is 5.97 Å². The molecular formula is C21H25N3O5. The van der Waals surface area contributed by atoms with Crippen LogP contribution in [0.25, 0.3) is 11.3 Å². The summed E-state index contributed by atoms with van der Waals surface area (Å²) in [6.07, 6.45) is 1.80. The molecule has 1 saturated heterocycles. The van der Waals surface area contributed by atoms with Crippen molar-refractivity contribution in [1.82, 2.24) is 10.5 Å². The number of hydrogen-bond acceptors (Lipinski definition) is 7. The Balaban J connectivity index is 1.58. The van der Waals surface area contributed by atoms with Gasteiger partial charge in [-0.1, -0.05) is 35.5 Å². The topological polar surface area (TPSA) is 105 Å². The summed E-state index contributed by atoms with van der Waals surface area (Å²) in [7, 11) is 1.34. The number of amides is 1. The van der Waals surface area contributed by atoms with E-state index in [1.165, 1.54) is 7.11 Å². The predicted octanol–water partition coefficient (Wildman–Crippen LogP) is 1.70. The number of esters is 1. The molecule has 0 bridgehead atoms. The molecule has 8 nitrogen and oxygen atoms in total. The molecule has 3 atom stereocenters. The van der Waals surface area contributed by atoms with Crippen molar-refractivity contribution >= 4 is 17.7 Å². The van der Waals surface area contributed by atoms with E-state index in [1.54, 1.807) is 0 Å². The third-order valence-corrected chi connectivity index (χ3v) is 6.03. The van der Waals surface area contributed by atoms with E-state index in [4.69, 9.17) is 14.4 Å². The molecule has 1 saturated carbocycles. The van der Waals surface area contributed by atoms with Crippen LogP contribution in [0.2, 0.25) is 0 Å². The Morgan fingerprint density at radius 1 is 1.34 bits per heavy atom. The molecule has 2 aliphatic rings. The molecule has 1 aliphatic carbocycles. The van der Waals surface area contributed by atoms with E-state index in [2.05, 4.69) is 10.5 Å². The van der Waals surface area contributed by atoms with Crippen LogP contribution in [-0.4, -0.2) is 55.5 Å². The van der Waals surface area contributed by atoms with E-state index in [0.29, 0.717) is 29.6 Å². The van der Waals surface area contributed by atoms with Crippen molar-refractivity contribution in [3.05, 3.63) is 35.9 Å². The Labute approximate surface area is 168 Å². The van der Waals surface area contributed by atoms with Gasteiger partial charge in [0.05, 0.1) is 13.7 Å². The van der Waals surface area contributed by atoms with Crippen LogP contribution in [0.3, 0.4) is 0 Å². The van der Waals surface area contributed by atoms with Gasteiger partial charge in [0.1, 0.15) is 0 Å². The smallest absolute Gasteiger partial charge is 0.345 e. The fourth-order valence-electron chi connectivity index (χ4n) is 4.46. The summed E-state index contributed by atoms with van der Waals surface area (Å²) in [6, 6.07) is 9.34. The highest BCUT2D eigenvalue weighted by atomic mass is 16.5. The lowest BCUT2D eigenvalue weighted by molar-refractivity contribution is -0.134. The van der Waals surface area contributed by atoms with Crippen molar-refractivity contribution < 1.29 is 24.0 Å². The first-order chi connectivity index (χ1) is 14.1. The molecule has 2 aromatic rings. The molecule has 0 spiro atoms. The van der Waals surface area contributed by atoms with Crippen molar-refractivity contribution in [2.24, 2.45) is 17.8 Å². The van der Waals surface area contributed by atoms with Crippen molar-refractivity contribution in [1.29, 1.82) is 0 Å². The number of anilines is 1. The zero-order chi connectivity index (χ0) is 20.4. The zero-order valence-electron chi connectivity index (χ0n) is 16.3. The van der Waals surface area contributed by atoms with Crippen molar-refractivity contribution in [3.8, 4) is 11.3 Å². The number of fused-ring (bicyclic) bond motifs is 1. The second-order valence-electron chi connectivity index (χ2n) is 7.58. The van der Waals surface area contributed by atoms with Crippen LogP contribution in [0.4, 0.5) is 5.82 Å². The number of rotatable bonds is 6. The minimum absolute atomic E-state index is 0.0135. The Hall–Kier alpha value is -2.87. The number of piperidine rings is 1. The van der Waals surface area contributed by atoms with Crippen LogP contribution in [0.5, 0.6) is 0 Å². The van der Waals surface area contributed by atoms with Crippen LogP contribution in [-0.2, 0) is 9.53 Å². The van der Waals surface area contributed by atoms with Gasteiger partial charge >= 0.3 is 5.97 Å². The number of carbonyl (C=O) groups excluding carboxylic acids is 2. The zero-order valence-corrected chi connectivity index (χ0v) is 16.3. The summed E-state index contributed by atoms with van der Waals surface area (Å²) >= 11 is 0. The van der Waals surface area contributed by atoms with Crippen molar-refractivity contribution in [3.63, 3.8) is 0 Å². The summed E-state index contributed by atoms with van der Waals surface area (Å²) in [5.41, 5.74) is 1.07. The summed E-state index contributed by atoms with van der Waals surface area (Å²) in [6.45, 7) is 1.58. The first-order valence-electron chi connectivity index (χ1n) is 9.91. The summed E-state index contributed by atoms with van der Waals surface area (Å²) in [5, 5.41) is 15.9. The first kappa shape index (κ1) is 19.4. The highest BCUT2D eigenvalue weighted by Crippen LogP contribution is 2.47.